The second-order valence-electron chi connectivity index (χ2n) is 5.57. The number of likely N-dealkylation sites (N-methyl/N-ethyl adjacent to an activating group) is 1. The first kappa shape index (κ1) is 12.4. The smallest absolute Gasteiger partial charge is 0.308 e. The summed E-state index contributed by atoms with van der Waals surface area (Å²) in [6.45, 7) is 5.24. The molecule has 5 heteroatoms. The minimum atomic E-state index is -0.733. The third-order valence-corrected chi connectivity index (χ3v) is 4.22. The zero-order valence-corrected chi connectivity index (χ0v) is 10.6. The van der Waals surface area contributed by atoms with Crippen LogP contribution in [0.3, 0.4) is 0 Å². The van der Waals surface area contributed by atoms with Gasteiger partial charge >= 0.3 is 5.97 Å². The van der Waals surface area contributed by atoms with Crippen LogP contribution in [0.15, 0.2) is 0 Å². The highest BCUT2D eigenvalue weighted by atomic mass is 16.4. The van der Waals surface area contributed by atoms with E-state index in [4.69, 9.17) is 5.11 Å². The van der Waals surface area contributed by atoms with E-state index in [1.165, 1.54) is 0 Å². The van der Waals surface area contributed by atoms with Gasteiger partial charge in [-0.3, -0.25) is 14.5 Å². The molecule has 1 saturated carbocycles. The molecule has 1 heterocycles. The summed E-state index contributed by atoms with van der Waals surface area (Å²) in [6, 6.07) is 0.0279. The van der Waals surface area contributed by atoms with Gasteiger partial charge in [-0.2, -0.15) is 0 Å². The Balaban J connectivity index is 2.16. The van der Waals surface area contributed by atoms with E-state index in [-0.39, 0.29) is 17.9 Å². The molecule has 0 aromatic heterocycles. The van der Waals surface area contributed by atoms with Gasteiger partial charge in [-0.15, -0.1) is 0 Å². The molecule has 1 amide bonds. The first-order valence-electron chi connectivity index (χ1n) is 6.11. The van der Waals surface area contributed by atoms with Crippen molar-refractivity contribution in [3.05, 3.63) is 0 Å². The Morgan fingerprint density at radius 2 is 2.00 bits per heavy atom. The number of carbonyl (C=O) groups is 2. The van der Waals surface area contributed by atoms with E-state index in [0.717, 1.165) is 19.4 Å². The predicted molar refractivity (Wildman–Crippen MR) is 62.6 cm³/mol. The number of hydrogen-bond donors (Lipinski definition) is 1. The number of nitrogens with zero attached hydrogens (tertiary/aromatic N) is 2. The van der Waals surface area contributed by atoms with Crippen molar-refractivity contribution in [2.45, 2.75) is 38.3 Å². The van der Waals surface area contributed by atoms with Gasteiger partial charge in [0.25, 0.3) is 0 Å². The molecule has 17 heavy (non-hydrogen) atoms. The van der Waals surface area contributed by atoms with Crippen LogP contribution in [0.1, 0.15) is 26.7 Å². The molecule has 2 atom stereocenters. The van der Waals surface area contributed by atoms with Crippen LogP contribution in [-0.4, -0.2) is 58.5 Å². The van der Waals surface area contributed by atoms with E-state index in [1.54, 1.807) is 11.9 Å². The number of amides is 1. The average Bonchev–Trinajstić information content (AvgIpc) is 2.17. The number of rotatable bonds is 2. The largest absolute Gasteiger partial charge is 0.481 e. The summed E-state index contributed by atoms with van der Waals surface area (Å²) in [5, 5.41) is 9.10. The molecular formula is C12H20N2O3. The fourth-order valence-corrected chi connectivity index (χ4v) is 2.95. The van der Waals surface area contributed by atoms with Gasteiger partial charge in [-0.1, -0.05) is 0 Å². The normalized spacial score (nSPS) is 33.4. The number of carboxylic acids is 1. The molecule has 1 N–H and O–H groups in total. The van der Waals surface area contributed by atoms with Crippen LogP contribution in [0.2, 0.25) is 0 Å². The van der Waals surface area contributed by atoms with E-state index in [2.05, 4.69) is 4.90 Å². The summed E-state index contributed by atoms with van der Waals surface area (Å²) in [5.41, 5.74) is -0.578. The molecule has 0 radical (unpaired) electrons. The number of aliphatic carboxylic acids is 1. The van der Waals surface area contributed by atoms with Crippen molar-refractivity contribution in [3.63, 3.8) is 0 Å². The average molecular weight is 240 g/mol. The van der Waals surface area contributed by atoms with Crippen molar-refractivity contribution in [3.8, 4) is 0 Å². The van der Waals surface area contributed by atoms with Crippen molar-refractivity contribution >= 4 is 11.9 Å². The molecule has 0 aromatic rings. The molecule has 96 valence electrons. The molecule has 5 nitrogen and oxygen atoms in total. The Kier molecular flexibility index (Phi) is 2.89. The summed E-state index contributed by atoms with van der Waals surface area (Å²) in [6.07, 6.45) is 1.62. The Labute approximate surface area is 101 Å². The molecule has 0 aromatic carbocycles. The number of carbonyl (C=O) groups excluding carboxylic acids is 1. The van der Waals surface area contributed by atoms with Crippen molar-refractivity contribution in [1.82, 2.24) is 9.80 Å². The zero-order valence-electron chi connectivity index (χ0n) is 10.6. The Hall–Kier alpha value is -1.10. The van der Waals surface area contributed by atoms with Crippen LogP contribution in [0, 0.1) is 5.92 Å². The fraction of sp³-hybridized carbons (Fsp3) is 0.833. The predicted octanol–water partition coefficient (Wildman–Crippen LogP) is 0.402. The minimum Gasteiger partial charge on any atom is -0.481 e. The van der Waals surface area contributed by atoms with Gasteiger partial charge < -0.3 is 10.0 Å². The topological polar surface area (TPSA) is 60.9 Å². The minimum absolute atomic E-state index is 0.0279. The van der Waals surface area contributed by atoms with Crippen LogP contribution in [-0.2, 0) is 9.59 Å². The Morgan fingerprint density at radius 3 is 2.47 bits per heavy atom. The van der Waals surface area contributed by atoms with Crippen molar-refractivity contribution in [2.24, 2.45) is 5.92 Å². The highest BCUT2D eigenvalue weighted by Crippen LogP contribution is 2.37. The maximum atomic E-state index is 12.1. The number of carboxylic acid groups (broad SMARTS) is 1. The molecule has 2 fully saturated rings. The second-order valence-corrected chi connectivity index (χ2v) is 5.57. The molecule has 0 spiro atoms. The van der Waals surface area contributed by atoms with Gasteiger partial charge in [-0.05, 0) is 26.7 Å². The van der Waals surface area contributed by atoms with Gasteiger partial charge in [0.2, 0.25) is 5.91 Å². The molecule has 1 aliphatic carbocycles. The highest BCUT2D eigenvalue weighted by Gasteiger charge is 2.50. The quantitative estimate of drug-likeness (QED) is 0.759. The molecule has 1 aliphatic heterocycles. The lowest BCUT2D eigenvalue weighted by Gasteiger charge is -2.53. The lowest BCUT2D eigenvalue weighted by Crippen LogP contribution is -2.68. The highest BCUT2D eigenvalue weighted by molar-refractivity contribution is 5.86. The standard InChI is InChI=1S/C12H20N2O3/c1-12(2)11(17)13(3)6-7-14(12)9-5-4-8(9)10(15)16/h8-9H,4-7H2,1-3H3,(H,15,16). The van der Waals surface area contributed by atoms with E-state index in [9.17, 15) is 9.59 Å². The zero-order chi connectivity index (χ0) is 12.8. The van der Waals surface area contributed by atoms with Gasteiger partial charge in [0.05, 0.1) is 11.5 Å². The second kappa shape index (κ2) is 3.98. The monoisotopic (exact) mass is 240 g/mol. The molecular weight excluding hydrogens is 220 g/mol. The first-order valence-corrected chi connectivity index (χ1v) is 6.11. The van der Waals surface area contributed by atoms with Crippen LogP contribution < -0.4 is 0 Å². The molecule has 2 unspecified atom stereocenters. The van der Waals surface area contributed by atoms with Gasteiger partial charge in [0, 0.05) is 26.2 Å². The summed E-state index contributed by atoms with van der Waals surface area (Å²) < 4.78 is 0. The van der Waals surface area contributed by atoms with Crippen molar-refractivity contribution in [1.29, 1.82) is 0 Å². The number of piperazine rings is 1. The van der Waals surface area contributed by atoms with Gasteiger partial charge in [-0.25, -0.2) is 0 Å². The third kappa shape index (κ3) is 1.82. The van der Waals surface area contributed by atoms with Gasteiger partial charge in [0.15, 0.2) is 0 Å². The van der Waals surface area contributed by atoms with E-state index in [1.807, 2.05) is 13.8 Å². The summed E-state index contributed by atoms with van der Waals surface area (Å²) >= 11 is 0. The maximum Gasteiger partial charge on any atom is 0.308 e. The SMILES string of the molecule is CN1CCN(C2CCC2C(=O)O)C(C)(C)C1=O. The summed E-state index contributed by atoms with van der Waals surface area (Å²) in [7, 11) is 1.80. The summed E-state index contributed by atoms with van der Waals surface area (Å²) in [5.74, 6) is -0.950. The molecule has 2 aliphatic rings. The van der Waals surface area contributed by atoms with E-state index in [0.29, 0.717) is 6.54 Å². The van der Waals surface area contributed by atoms with Crippen LogP contribution in [0.4, 0.5) is 0 Å². The Morgan fingerprint density at radius 1 is 1.35 bits per heavy atom. The van der Waals surface area contributed by atoms with Crippen LogP contribution in [0.5, 0.6) is 0 Å². The van der Waals surface area contributed by atoms with Crippen LogP contribution in [0.25, 0.3) is 0 Å². The molecule has 1 saturated heterocycles. The lowest BCUT2D eigenvalue weighted by atomic mass is 9.76. The van der Waals surface area contributed by atoms with E-state index < -0.39 is 11.5 Å². The molecule has 0 bridgehead atoms. The maximum absolute atomic E-state index is 12.1. The third-order valence-electron chi connectivity index (χ3n) is 4.22. The fourth-order valence-electron chi connectivity index (χ4n) is 2.95. The first-order chi connectivity index (χ1) is 7.85. The van der Waals surface area contributed by atoms with E-state index >= 15 is 0 Å². The molecule has 2 rings (SSSR count). The van der Waals surface area contributed by atoms with Gasteiger partial charge in [0.1, 0.15) is 0 Å². The Bertz CT molecular complexity index is 354. The summed E-state index contributed by atoms with van der Waals surface area (Å²) in [4.78, 5) is 27.0. The van der Waals surface area contributed by atoms with Crippen molar-refractivity contribution < 1.29 is 14.7 Å². The van der Waals surface area contributed by atoms with Crippen molar-refractivity contribution in [2.75, 3.05) is 20.1 Å². The number of hydrogen-bond acceptors (Lipinski definition) is 3. The lowest BCUT2D eigenvalue weighted by molar-refractivity contribution is -0.162. The van der Waals surface area contributed by atoms with Crippen LogP contribution >= 0.6 is 0 Å².